The minimum absolute atomic E-state index is 0.440. The normalized spacial score (nSPS) is 11.3. The van der Waals surface area contributed by atoms with Gasteiger partial charge in [-0.2, -0.15) is 0 Å². The summed E-state index contributed by atoms with van der Waals surface area (Å²) < 4.78 is 2.18. The van der Waals surface area contributed by atoms with Crippen molar-refractivity contribution in [1.29, 1.82) is 0 Å². The van der Waals surface area contributed by atoms with E-state index in [4.69, 9.17) is 5.73 Å². The Morgan fingerprint density at radius 2 is 2.04 bits per heavy atom. The molecule has 1 amide bonds. The molecule has 0 atom stereocenters. The number of fused-ring (bicyclic) bond motifs is 2. The zero-order chi connectivity index (χ0) is 15.8. The summed E-state index contributed by atoms with van der Waals surface area (Å²) in [5.74, 6) is 0.998. The molecule has 0 fully saturated rings. The Labute approximate surface area is 139 Å². The number of carbonyl (C=O) groups excluding carboxylic acids is 1. The second kappa shape index (κ2) is 5.68. The van der Waals surface area contributed by atoms with E-state index in [0.717, 1.165) is 21.2 Å². The lowest BCUT2D eigenvalue weighted by Crippen LogP contribution is -2.11. The van der Waals surface area contributed by atoms with Gasteiger partial charge in [-0.15, -0.1) is 11.3 Å². The Morgan fingerprint density at radius 1 is 1.17 bits per heavy atom. The molecule has 0 saturated carbocycles. The van der Waals surface area contributed by atoms with E-state index < -0.39 is 5.91 Å². The van der Waals surface area contributed by atoms with Crippen LogP contribution in [-0.4, -0.2) is 20.9 Å². The van der Waals surface area contributed by atoms with Crippen LogP contribution in [0.25, 0.3) is 21.3 Å². The number of carbonyl (C=O) groups is 1. The predicted octanol–water partition coefficient (Wildman–Crippen LogP) is 3.56. The summed E-state index contributed by atoms with van der Waals surface area (Å²) >= 11 is 3.29. The Hall–Kier alpha value is -2.38. The summed E-state index contributed by atoms with van der Waals surface area (Å²) in [6.45, 7) is 0. The van der Waals surface area contributed by atoms with Crippen molar-refractivity contribution >= 4 is 50.3 Å². The molecule has 2 aromatic carbocycles. The van der Waals surface area contributed by atoms with E-state index in [2.05, 4.69) is 21.0 Å². The van der Waals surface area contributed by atoms with E-state index in [0.29, 0.717) is 16.8 Å². The van der Waals surface area contributed by atoms with Crippen LogP contribution in [-0.2, 0) is 5.75 Å². The van der Waals surface area contributed by atoms with Crippen LogP contribution in [0.5, 0.6) is 0 Å². The number of benzene rings is 2. The maximum atomic E-state index is 11.5. The highest BCUT2D eigenvalue weighted by Gasteiger charge is 2.12. The number of hydrogen-bond acceptors (Lipinski definition) is 5. The fraction of sp³-hybridized carbons (Fsp3) is 0.0625. The van der Waals surface area contributed by atoms with Gasteiger partial charge >= 0.3 is 0 Å². The van der Waals surface area contributed by atoms with Crippen LogP contribution < -0.4 is 5.73 Å². The van der Waals surface area contributed by atoms with E-state index in [1.807, 2.05) is 24.3 Å². The number of hydrogen-bond donors (Lipinski definition) is 2. The number of aromatic amines is 1. The number of nitrogens with zero attached hydrogens (tertiary/aromatic N) is 2. The fourth-order valence-corrected chi connectivity index (χ4v) is 4.33. The molecule has 0 spiro atoms. The lowest BCUT2D eigenvalue weighted by atomic mass is 10.2. The quantitative estimate of drug-likeness (QED) is 0.556. The van der Waals surface area contributed by atoms with Crippen molar-refractivity contribution in [2.75, 3.05) is 0 Å². The van der Waals surface area contributed by atoms with Crippen molar-refractivity contribution in [1.82, 2.24) is 15.0 Å². The van der Waals surface area contributed by atoms with Gasteiger partial charge in [-0.05, 0) is 24.3 Å². The molecular formula is C16H12N4OS2. The van der Waals surface area contributed by atoms with E-state index in [9.17, 15) is 4.79 Å². The third-order valence-electron chi connectivity index (χ3n) is 3.43. The zero-order valence-corrected chi connectivity index (χ0v) is 13.6. The van der Waals surface area contributed by atoms with Gasteiger partial charge in [0.05, 0.1) is 27.0 Å². The van der Waals surface area contributed by atoms with E-state index >= 15 is 0 Å². The highest BCUT2D eigenvalue weighted by Crippen LogP contribution is 2.31. The van der Waals surface area contributed by atoms with Gasteiger partial charge in [0.2, 0.25) is 0 Å². The van der Waals surface area contributed by atoms with Gasteiger partial charge in [-0.1, -0.05) is 30.0 Å². The number of primary amides is 1. The minimum Gasteiger partial charge on any atom is -0.366 e. The van der Waals surface area contributed by atoms with Crippen molar-refractivity contribution in [3.8, 4) is 0 Å². The number of nitrogens with two attached hydrogens (primary N) is 1. The van der Waals surface area contributed by atoms with Crippen molar-refractivity contribution < 1.29 is 4.79 Å². The van der Waals surface area contributed by atoms with Gasteiger partial charge in [0.25, 0.3) is 5.91 Å². The molecule has 3 N–H and O–H groups in total. The molecule has 0 aliphatic rings. The molecule has 0 aliphatic carbocycles. The minimum atomic E-state index is -0.465. The molecular weight excluding hydrogens is 328 g/mol. The number of para-hydroxylation sites is 2. The summed E-state index contributed by atoms with van der Waals surface area (Å²) in [7, 11) is 0. The second-order valence-corrected chi connectivity index (χ2v) is 7.24. The van der Waals surface area contributed by atoms with Crippen molar-refractivity contribution in [3.05, 3.63) is 53.9 Å². The molecule has 0 unspecified atom stereocenters. The highest BCUT2D eigenvalue weighted by atomic mass is 32.2. The summed E-state index contributed by atoms with van der Waals surface area (Å²) in [6, 6.07) is 13.5. The van der Waals surface area contributed by atoms with Crippen molar-refractivity contribution in [3.63, 3.8) is 0 Å². The Morgan fingerprint density at radius 3 is 2.87 bits per heavy atom. The number of thiazole rings is 1. The molecule has 4 aromatic rings. The van der Waals surface area contributed by atoms with Gasteiger partial charge in [-0.3, -0.25) is 4.79 Å². The number of rotatable bonds is 4. The smallest absolute Gasteiger partial charge is 0.250 e. The zero-order valence-electron chi connectivity index (χ0n) is 11.9. The van der Waals surface area contributed by atoms with E-state index in [-0.39, 0.29) is 0 Å². The maximum Gasteiger partial charge on any atom is 0.250 e. The molecule has 0 aliphatic heterocycles. The Kier molecular flexibility index (Phi) is 3.51. The molecule has 4 rings (SSSR count). The molecule has 5 nitrogen and oxygen atoms in total. The van der Waals surface area contributed by atoms with Crippen molar-refractivity contribution in [2.24, 2.45) is 5.73 Å². The second-order valence-electron chi connectivity index (χ2n) is 4.99. The average Bonchev–Trinajstić information content (AvgIpc) is 3.15. The average molecular weight is 340 g/mol. The monoisotopic (exact) mass is 340 g/mol. The van der Waals surface area contributed by atoms with Crippen LogP contribution in [0.2, 0.25) is 0 Å². The van der Waals surface area contributed by atoms with Crippen molar-refractivity contribution in [2.45, 2.75) is 10.1 Å². The third-order valence-corrected chi connectivity index (χ3v) is 5.62. The lowest BCUT2D eigenvalue weighted by molar-refractivity contribution is 0.100. The molecule has 2 aromatic heterocycles. The van der Waals surface area contributed by atoms with Crippen LogP contribution in [0.3, 0.4) is 0 Å². The largest absolute Gasteiger partial charge is 0.366 e. The van der Waals surface area contributed by atoms with Gasteiger partial charge in [-0.25, -0.2) is 9.97 Å². The fourth-order valence-electron chi connectivity index (χ4n) is 2.39. The standard InChI is InChI=1S/C16H12N4OS2/c17-15(21)9-4-3-6-11-14(9)20-13(18-11)8-22-16-19-10-5-1-2-7-12(10)23-16/h1-7H,8H2,(H2,17,21)(H,18,20). The first kappa shape index (κ1) is 14.2. The van der Waals surface area contributed by atoms with Crippen LogP contribution in [0.1, 0.15) is 16.2 Å². The molecule has 0 radical (unpaired) electrons. The number of imidazole rings is 1. The summed E-state index contributed by atoms with van der Waals surface area (Å²) in [5.41, 5.74) is 8.29. The first-order chi connectivity index (χ1) is 11.2. The van der Waals surface area contributed by atoms with Gasteiger partial charge in [0, 0.05) is 0 Å². The molecule has 0 saturated heterocycles. The van der Waals surface area contributed by atoms with E-state index in [1.165, 1.54) is 4.70 Å². The molecule has 7 heteroatoms. The predicted molar refractivity (Wildman–Crippen MR) is 93.8 cm³/mol. The molecule has 0 bridgehead atoms. The summed E-state index contributed by atoms with van der Waals surface area (Å²) in [6.07, 6.45) is 0. The highest BCUT2D eigenvalue weighted by molar-refractivity contribution is 8.00. The SMILES string of the molecule is NC(=O)c1cccc2[nH]c(CSc3nc4ccccc4s3)nc12. The van der Waals surface area contributed by atoms with Crippen LogP contribution >= 0.6 is 23.1 Å². The number of nitrogens with one attached hydrogen (secondary N) is 1. The number of amides is 1. The molecule has 114 valence electrons. The number of aromatic nitrogens is 3. The number of H-pyrrole nitrogens is 1. The maximum absolute atomic E-state index is 11.5. The van der Waals surface area contributed by atoms with Crippen LogP contribution in [0.15, 0.2) is 46.8 Å². The summed E-state index contributed by atoms with van der Waals surface area (Å²) in [5, 5.41) is 0. The van der Waals surface area contributed by atoms with Crippen LogP contribution in [0.4, 0.5) is 0 Å². The lowest BCUT2D eigenvalue weighted by Gasteiger charge is -1.94. The van der Waals surface area contributed by atoms with E-state index in [1.54, 1.807) is 35.2 Å². The molecule has 23 heavy (non-hydrogen) atoms. The van der Waals surface area contributed by atoms with Crippen LogP contribution in [0, 0.1) is 0 Å². The van der Waals surface area contributed by atoms with Gasteiger partial charge in [0.15, 0.2) is 4.34 Å². The Bertz CT molecular complexity index is 988. The van der Waals surface area contributed by atoms with Gasteiger partial charge < -0.3 is 10.7 Å². The topological polar surface area (TPSA) is 84.7 Å². The first-order valence-corrected chi connectivity index (χ1v) is 8.77. The van der Waals surface area contributed by atoms with Gasteiger partial charge in [0.1, 0.15) is 11.3 Å². The number of thioether (sulfide) groups is 1. The summed E-state index contributed by atoms with van der Waals surface area (Å²) in [4.78, 5) is 23.8. The third kappa shape index (κ3) is 2.69. The Balaban J connectivity index is 1.60. The first-order valence-electron chi connectivity index (χ1n) is 6.96. The molecule has 2 heterocycles.